The Hall–Kier alpha value is -4.33. The smallest absolute Gasteiger partial charge is 0.305 e. The predicted octanol–water partition coefficient (Wildman–Crippen LogP) is 5.11. The summed E-state index contributed by atoms with van der Waals surface area (Å²) in [5.74, 6) is 0.425. The molecule has 0 N–H and O–H groups in total. The number of methoxy groups -OCH3 is 1. The third-order valence-corrected chi connectivity index (χ3v) is 6.74. The summed E-state index contributed by atoms with van der Waals surface area (Å²) in [6, 6.07) is 13.5. The van der Waals surface area contributed by atoms with Crippen LogP contribution in [-0.2, 0) is 22.5 Å². The van der Waals surface area contributed by atoms with Crippen LogP contribution >= 0.6 is 0 Å². The van der Waals surface area contributed by atoms with E-state index in [1.165, 1.54) is 12.7 Å². The summed E-state index contributed by atoms with van der Waals surface area (Å²) >= 11 is 0. The van der Waals surface area contributed by atoms with Crippen molar-refractivity contribution in [3.63, 3.8) is 0 Å². The van der Waals surface area contributed by atoms with E-state index in [2.05, 4.69) is 28.5 Å². The van der Waals surface area contributed by atoms with Gasteiger partial charge in [0, 0.05) is 18.4 Å². The number of unbranched alkanes of at least 4 members (excludes halogenated alkanes) is 1. The van der Waals surface area contributed by atoms with Gasteiger partial charge in [-0.15, -0.1) is 5.10 Å². The van der Waals surface area contributed by atoms with Gasteiger partial charge in [0.2, 0.25) is 0 Å². The van der Waals surface area contributed by atoms with E-state index in [0.717, 1.165) is 35.3 Å². The minimum absolute atomic E-state index is 0.118. The van der Waals surface area contributed by atoms with Crippen LogP contribution < -0.4 is 5.56 Å². The van der Waals surface area contributed by atoms with Gasteiger partial charge in [0.25, 0.3) is 5.56 Å². The first-order valence-electron chi connectivity index (χ1n) is 13.0. The van der Waals surface area contributed by atoms with E-state index in [-0.39, 0.29) is 11.5 Å². The molecule has 38 heavy (non-hydrogen) atoms. The number of benzene rings is 2. The Kier molecular flexibility index (Phi) is 7.58. The van der Waals surface area contributed by atoms with Crippen molar-refractivity contribution in [2.75, 3.05) is 7.11 Å². The molecule has 0 spiro atoms. The van der Waals surface area contributed by atoms with Crippen molar-refractivity contribution in [2.45, 2.75) is 52.0 Å². The SMILES string of the molecule is COC(=O)CCCCc1nc2cc(-c3cn(CC4=CCCC=C4)nn3)ccc2c(=O)n1-c1ccc(C)cc1. The van der Waals surface area contributed by atoms with Gasteiger partial charge in [-0.05, 0) is 62.4 Å². The third-order valence-electron chi connectivity index (χ3n) is 6.74. The molecule has 1 aliphatic carbocycles. The molecule has 0 radical (unpaired) electrons. The molecule has 1 aliphatic rings. The molecule has 5 rings (SSSR count). The minimum atomic E-state index is -0.235. The topological polar surface area (TPSA) is 91.9 Å². The van der Waals surface area contributed by atoms with Crippen molar-refractivity contribution < 1.29 is 9.53 Å². The highest BCUT2D eigenvalue weighted by Gasteiger charge is 2.15. The maximum atomic E-state index is 13.7. The molecule has 0 atom stereocenters. The number of hydrogen-bond donors (Lipinski definition) is 0. The van der Waals surface area contributed by atoms with Crippen molar-refractivity contribution in [2.24, 2.45) is 0 Å². The number of aromatic nitrogens is 5. The number of fused-ring (bicyclic) bond motifs is 1. The van der Waals surface area contributed by atoms with Crippen LogP contribution in [0.4, 0.5) is 0 Å². The Balaban J connectivity index is 1.48. The summed E-state index contributed by atoms with van der Waals surface area (Å²) in [5, 5.41) is 9.21. The second-order valence-corrected chi connectivity index (χ2v) is 9.58. The summed E-state index contributed by atoms with van der Waals surface area (Å²) in [7, 11) is 1.39. The van der Waals surface area contributed by atoms with E-state index >= 15 is 0 Å². The Morgan fingerprint density at radius 1 is 1.08 bits per heavy atom. The van der Waals surface area contributed by atoms with E-state index in [1.54, 1.807) is 4.57 Å². The van der Waals surface area contributed by atoms with Gasteiger partial charge in [0.15, 0.2) is 0 Å². The molecule has 0 bridgehead atoms. The van der Waals surface area contributed by atoms with Crippen LogP contribution in [0.1, 0.15) is 43.5 Å². The second-order valence-electron chi connectivity index (χ2n) is 9.58. The van der Waals surface area contributed by atoms with E-state index in [4.69, 9.17) is 9.72 Å². The highest BCUT2D eigenvalue weighted by molar-refractivity contribution is 5.83. The van der Waals surface area contributed by atoms with Gasteiger partial charge in [-0.3, -0.25) is 14.2 Å². The fourth-order valence-electron chi connectivity index (χ4n) is 4.65. The summed E-state index contributed by atoms with van der Waals surface area (Å²) in [6.45, 7) is 2.69. The number of rotatable bonds is 9. The zero-order valence-electron chi connectivity index (χ0n) is 21.8. The molecule has 2 heterocycles. The largest absolute Gasteiger partial charge is 0.469 e. The van der Waals surface area contributed by atoms with E-state index in [0.29, 0.717) is 49.0 Å². The summed E-state index contributed by atoms with van der Waals surface area (Å²) in [4.78, 5) is 30.2. The standard InChI is InChI=1S/C30H31N5O3/c1-21-12-15-24(16-13-21)35-28(10-6-7-11-29(36)38-2)31-26-18-23(14-17-25(26)30(35)37)27-20-34(33-32-27)19-22-8-4-3-5-9-22/h4,8-9,12-18,20H,3,5-7,10-11,19H2,1-2H3. The summed E-state index contributed by atoms with van der Waals surface area (Å²) < 4.78 is 8.27. The molecule has 4 aromatic rings. The van der Waals surface area contributed by atoms with Gasteiger partial charge in [0.1, 0.15) is 11.5 Å². The molecule has 2 aromatic heterocycles. The first-order valence-corrected chi connectivity index (χ1v) is 13.0. The second kappa shape index (κ2) is 11.4. The van der Waals surface area contributed by atoms with Crippen LogP contribution in [0.3, 0.4) is 0 Å². The first kappa shape index (κ1) is 25.3. The predicted molar refractivity (Wildman–Crippen MR) is 147 cm³/mol. The first-order chi connectivity index (χ1) is 18.5. The Labute approximate surface area is 221 Å². The lowest BCUT2D eigenvalue weighted by molar-refractivity contribution is -0.140. The lowest BCUT2D eigenvalue weighted by Gasteiger charge is -2.14. The molecule has 2 aromatic carbocycles. The molecular formula is C30H31N5O3. The molecule has 8 nitrogen and oxygen atoms in total. The van der Waals surface area contributed by atoms with Crippen LogP contribution in [0.2, 0.25) is 0 Å². The van der Waals surface area contributed by atoms with Crippen molar-refractivity contribution in [3.05, 3.63) is 94.2 Å². The number of hydrogen-bond acceptors (Lipinski definition) is 6. The Morgan fingerprint density at radius 3 is 2.68 bits per heavy atom. The van der Waals surface area contributed by atoms with E-state index in [1.807, 2.05) is 60.3 Å². The quantitative estimate of drug-likeness (QED) is 0.230. The average Bonchev–Trinajstić information content (AvgIpc) is 3.40. The lowest BCUT2D eigenvalue weighted by Crippen LogP contribution is -2.24. The monoisotopic (exact) mass is 509 g/mol. The van der Waals surface area contributed by atoms with Crippen LogP contribution in [0, 0.1) is 6.92 Å². The molecule has 0 saturated carbocycles. The number of carbonyl (C=O) groups is 1. The molecule has 194 valence electrons. The number of allylic oxidation sites excluding steroid dienone is 4. The fraction of sp³-hybridized carbons (Fsp3) is 0.300. The zero-order chi connectivity index (χ0) is 26.5. The highest BCUT2D eigenvalue weighted by atomic mass is 16.5. The number of nitrogens with zero attached hydrogens (tertiary/aromatic N) is 5. The van der Waals surface area contributed by atoms with Crippen LogP contribution in [0.15, 0.2) is 77.3 Å². The van der Waals surface area contributed by atoms with Crippen molar-refractivity contribution >= 4 is 16.9 Å². The molecule has 0 aliphatic heterocycles. The maximum absolute atomic E-state index is 13.7. The fourth-order valence-corrected chi connectivity index (χ4v) is 4.65. The molecule has 0 unspecified atom stereocenters. The van der Waals surface area contributed by atoms with Gasteiger partial charge < -0.3 is 4.74 Å². The zero-order valence-corrected chi connectivity index (χ0v) is 21.8. The van der Waals surface area contributed by atoms with E-state index < -0.39 is 0 Å². The maximum Gasteiger partial charge on any atom is 0.305 e. The van der Waals surface area contributed by atoms with Crippen LogP contribution in [0.25, 0.3) is 27.8 Å². The lowest BCUT2D eigenvalue weighted by atomic mass is 10.1. The van der Waals surface area contributed by atoms with E-state index in [9.17, 15) is 9.59 Å². The molecule has 8 heteroatoms. The van der Waals surface area contributed by atoms with Crippen LogP contribution in [0.5, 0.6) is 0 Å². The van der Waals surface area contributed by atoms with Crippen LogP contribution in [-0.4, -0.2) is 37.6 Å². The van der Waals surface area contributed by atoms with Crippen molar-refractivity contribution in [3.8, 4) is 16.9 Å². The number of ether oxygens (including phenoxy) is 1. The minimum Gasteiger partial charge on any atom is -0.469 e. The molecular weight excluding hydrogens is 478 g/mol. The van der Waals surface area contributed by atoms with Gasteiger partial charge in [0.05, 0.1) is 36.4 Å². The molecule has 0 fully saturated rings. The van der Waals surface area contributed by atoms with Gasteiger partial charge in [-0.25, -0.2) is 9.67 Å². The Morgan fingerprint density at radius 2 is 1.92 bits per heavy atom. The van der Waals surface area contributed by atoms with Gasteiger partial charge >= 0.3 is 5.97 Å². The van der Waals surface area contributed by atoms with Crippen molar-refractivity contribution in [1.29, 1.82) is 0 Å². The highest BCUT2D eigenvalue weighted by Crippen LogP contribution is 2.23. The molecule has 0 saturated heterocycles. The summed E-state index contributed by atoms with van der Waals surface area (Å²) in [5.41, 5.74) is 5.20. The molecule has 0 amide bonds. The number of esters is 1. The van der Waals surface area contributed by atoms with Gasteiger partial charge in [-0.2, -0.15) is 0 Å². The normalized spacial score (nSPS) is 13.1. The Bertz CT molecular complexity index is 1580. The third kappa shape index (κ3) is 5.64. The summed E-state index contributed by atoms with van der Waals surface area (Å²) in [6.07, 6.45) is 12.9. The number of aryl methyl sites for hydroxylation is 2. The van der Waals surface area contributed by atoms with Crippen molar-refractivity contribution in [1.82, 2.24) is 24.5 Å². The van der Waals surface area contributed by atoms with Gasteiger partial charge in [-0.1, -0.05) is 47.2 Å². The average molecular weight is 510 g/mol. The number of carbonyl (C=O) groups excluding carboxylic acids is 1.